The quantitative estimate of drug-likeness (QED) is 0.568. The minimum absolute atomic E-state index is 0.0258. The average molecular weight is 385 g/mol. The highest BCUT2D eigenvalue weighted by molar-refractivity contribution is 7.89. The van der Waals surface area contributed by atoms with E-state index in [1.54, 1.807) is 13.8 Å². The monoisotopic (exact) mass is 385 g/mol. The summed E-state index contributed by atoms with van der Waals surface area (Å²) in [5, 5.41) is 5.10. The Morgan fingerprint density at radius 1 is 1.19 bits per heavy atom. The molecule has 2 rings (SSSR count). The lowest BCUT2D eigenvalue weighted by Crippen LogP contribution is -2.45. The van der Waals surface area contributed by atoms with Crippen LogP contribution in [0.15, 0.2) is 23.1 Å². The normalized spacial score (nSPS) is 14.4. The van der Waals surface area contributed by atoms with Gasteiger partial charge in [-0.2, -0.15) is 0 Å². The lowest BCUT2D eigenvalue weighted by Gasteiger charge is -2.19. The molecular formula is C16H23N3O6S. The molecular weight excluding hydrogens is 362 g/mol. The summed E-state index contributed by atoms with van der Waals surface area (Å²) in [7, 11) is -3.79. The number of hydrogen-bond acceptors (Lipinski definition) is 6. The van der Waals surface area contributed by atoms with E-state index in [1.165, 1.54) is 18.2 Å². The van der Waals surface area contributed by atoms with E-state index in [0.29, 0.717) is 31.3 Å². The van der Waals surface area contributed by atoms with Gasteiger partial charge in [-0.1, -0.05) is 0 Å². The van der Waals surface area contributed by atoms with Crippen LogP contribution in [0.5, 0.6) is 11.5 Å². The van der Waals surface area contributed by atoms with Crippen molar-refractivity contribution < 1.29 is 27.5 Å². The molecule has 0 bridgehead atoms. The minimum Gasteiger partial charge on any atom is -0.486 e. The number of nitrogens with one attached hydrogen (secondary N) is 3. The third kappa shape index (κ3) is 5.33. The van der Waals surface area contributed by atoms with Crippen molar-refractivity contribution in [3.63, 3.8) is 0 Å². The molecule has 9 nitrogen and oxygen atoms in total. The van der Waals surface area contributed by atoms with Crippen LogP contribution in [0.3, 0.4) is 0 Å². The molecule has 1 atom stereocenters. The molecule has 1 heterocycles. The number of benzene rings is 1. The van der Waals surface area contributed by atoms with Crippen molar-refractivity contribution in [2.24, 2.45) is 0 Å². The zero-order valence-electron chi connectivity index (χ0n) is 14.7. The maximum absolute atomic E-state index is 12.3. The topological polar surface area (TPSA) is 123 Å². The van der Waals surface area contributed by atoms with Crippen LogP contribution in [0.2, 0.25) is 0 Å². The van der Waals surface area contributed by atoms with Gasteiger partial charge in [0.25, 0.3) is 0 Å². The summed E-state index contributed by atoms with van der Waals surface area (Å²) in [6, 6.07) is 3.64. The predicted molar refractivity (Wildman–Crippen MR) is 93.5 cm³/mol. The van der Waals surface area contributed by atoms with Crippen molar-refractivity contribution in [2.75, 3.05) is 26.3 Å². The zero-order chi connectivity index (χ0) is 19.2. The van der Waals surface area contributed by atoms with Crippen molar-refractivity contribution in [3.8, 4) is 11.5 Å². The minimum atomic E-state index is -3.79. The first-order chi connectivity index (χ1) is 12.3. The van der Waals surface area contributed by atoms with E-state index in [-0.39, 0.29) is 23.8 Å². The Balaban J connectivity index is 1.86. The Morgan fingerprint density at radius 2 is 1.88 bits per heavy atom. The van der Waals surface area contributed by atoms with Crippen LogP contribution >= 0.6 is 0 Å². The molecule has 0 aliphatic carbocycles. The fraction of sp³-hybridized carbons (Fsp3) is 0.500. The summed E-state index contributed by atoms with van der Waals surface area (Å²) in [4.78, 5) is 23.4. The molecule has 0 unspecified atom stereocenters. The lowest BCUT2D eigenvalue weighted by atomic mass is 10.3. The van der Waals surface area contributed by atoms with Crippen LogP contribution in [0.4, 0.5) is 0 Å². The number of fused-ring (bicyclic) bond motifs is 1. The number of carbonyl (C=O) groups is 2. The van der Waals surface area contributed by atoms with Crippen molar-refractivity contribution >= 4 is 21.8 Å². The highest BCUT2D eigenvalue weighted by Gasteiger charge is 2.20. The summed E-state index contributed by atoms with van der Waals surface area (Å²) < 4.78 is 37.7. The molecule has 0 saturated heterocycles. The van der Waals surface area contributed by atoms with Crippen molar-refractivity contribution in [1.82, 2.24) is 15.4 Å². The van der Waals surface area contributed by atoms with E-state index >= 15 is 0 Å². The third-order valence-electron chi connectivity index (χ3n) is 3.59. The smallest absolute Gasteiger partial charge is 0.242 e. The SMILES string of the molecule is CCNC(=O)[C@H](C)NC(=O)CCNS(=O)(=O)c1ccc2c(c1)OCCO2. The van der Waals surface area contributed by atoms with E-state index < -0.39 is 22.0 Å². The van der Waals surface area contributed by atoms with E-state index in [2.05, 4.69) is 15.4 Å². The van der Waals surface area contributed by atoms with Gasteiger partial charge in [-0.15, -0.1) is 0 Å². The fourth-order valence-corrected chi connectivity index (χ4v) is 3.33. The highest BCUT2D eigenvalue weighted by Crippen LogP contribution is 2.32. The first kappa shape index (κ1) is 20.0. The standard InChI is InChI=1S/C16H23N3O6S/c1-3-17-16(21)11(2)19-15(20)6-7-18-26(22,23)12-4-5-13-14(10-12)25-9-8-24-13/h4-5,10-11,18H,3,6-9H2,1-2H3,(H,17,21)(H,19,20)/t11-/m0/s1. The number of carbonyl (C=O) groups excluding carboxylic acids is 2. The molecule has 0 aromatic heterocycles. The van der Waals surface area contributed by atoms with Crippen molar-refractivity contribution in [1.29, 1.82) is 0 Å². The Labute approximate surface area is 152 Å². The van der Waals surface area contributed by atoms with Crippen LogP contribution in [0, 0.1) is 0 Å². The number of likely N-dealkylation sites (N-methyl/N-ethyl adjacent to an activating group) is 1. The summed E-state index contributed by atoms with van der Waals surface area (Å²) >= 11 is 0. The first-order valence-electron chi connectivity index (χ1n) is 8.30. The Bertz CT molecular complexity index is 765. The van der Waals surface area contributed by atoms with Crippen LogP contribution in [-0.2, 0) is 19.6 Å². The number of amides is 2. The summed E-state index contributed by atoms with van der Waals surface area (Å²) in [5.41, 5.74) is 0. The molecule has 0 fully saturated rings. The van der Waals surface area contributed by atoms with Gasteiger partial charge in [-0.25, -0.2) is 13.1 Å². The second-order valence-corrected chi connectivity index (χ2v) is 7.40. The van der Waals surface area contributed by atoms with Gasteiger partial charge >= 0.3 is 0 Å². The molecule has 1 aliphatic rings. The van der Waals surface area contributed by atoms with Crippen molar-refractivity contribution in [2.45, 2.75) is 31.2 Å². The second kappa shape index (κ2) is 8.86. The summed E-state index contributed by atoms with van der Waals surface area (Å²) in [6.07, 6.45) is -0.0898. The van der Waals surface area contributed by atoms with Gasteiger partial charge in [0.15, 0.2) is 11.5 Å². The molecule has 0 spiro atoms. The number of hydrogen-bond donors (Lipinski definition) is 3. The van der Waals surface area contributed by atoms with Crippen LogP contribution < -0.4 is 24.8 Å². The molecule has 1 aliphatic heterocycles. The lowest BCUT2D eigenvalue weighted by molar-refractivity contribution is -0.128. The number of rotatable bonds is 8. The van der Waals surface area contributed by atoms with E-state index in [0.717, 1.165) is 0 Å². The Kier molecular flexibility index (Phi) is 6.81. The van der Waals surface area contributed by atoms with Crippen LogP contribution in [-0.4, -0.2) is 52.6 Å². The molecule has 144 valence electrons. The first-order valence-corrected chi connectivity index (χ1v) is 9.78. The second-order valence-electron chi connectivity index (χ2n) is 5.64. The molecule has 0 saturated carbocycles. The van der Waals surface area contributed by atoms with E-state index in [4.69, 9.17) is 9.47 Å². The van der Waals surface area contributed by atoms with Crippen LogP contribution in [0.25, 0.3) is 0 Å². The Hall–Kier alpha value is -2.33. The van der Waals surface area contributed by atoms with E-state index in [9.17, 15) is 18.0 Å². The van der Waals surface area contributed by atoms with Crippen LogP contribution in [0.1, 0.15) is 20.3 Å². The molecule has 10 heteroatoms. The largest absolute Gasteiger partial charge is 0.486 e. The van der Waals surface area contributed by atoms with Gasteiger partial charge in [-0.3, -0.25) is 9.59 Å². The molecule has 1 aromatic rings. The number of ether oxygens (including phenoxy) is 2. The molecule has 2 amide bonds. The summed E-state index contributed by atoms with van der Waals surface area (Å²) in [5.74, 6) is 0.146. The average Bonchev–Trinajstić information content (AvgIpc) is 2.61. The van der Waals surface area contributed by atoms with Gasteiger partial charge in [0, 0.05) is 25.6 Å². The van der Waals surface area contributed by atoms with Gasteiger partial charge in [-0.05, 0) is 26.0 Å². The molecule has 26 heavy (non-hydrogen) atoms. The fourth-order valence-electron chi connectivity index (χ4n) is 2.28. The van der Waals surface area contributed by atoms with Gasteiger partial charge in [0.2, 0.25) is 21.8 Å². The Morgan fingerprint density at radius 3 is 2.58 bits per heavy atom. The zero-order valence-corrected chi connectivity index (χ0v) is 15.5. The van der Waals surface area contributed by atoms with Gasteiger partial charge < -0.3 is 20.1 Å². The predicted octanol–water partition coefficient (Wildman–Crippen LogP) is -0.233. The van der Waals surface area contributed by atoms with Crippen molar-refractivity contribution in [3.05, 3.63) is 18.2 Å². The van der Waals surface area contributed by atoms with Gasteiger partial charge in [0.1, 0.15) is 19.3 Å². The maximum Gasteiger partial charge on any atom is 0.242 e. The van der Waals surface area contributed by atoms with E-state index in [1.807, 2.05) is 0 Å². The summed E-state index contributed by atoms with van der Waals surface area (Å²) in [6.45, 7) is 4.48. The molecule has 1 aromatic carbocycles. The molecule has 3 N–H and O–H groups in total. The van der Waals surface area contributed by atoms with Gasteiger partial charge in [0.05, 0.1) is 4.90 Å². The molecule has 0 radical (unpaired) electrons. The number of sulfonamides is 1. The highest BCUT2D eigenvalue weighted by atomic mass is 32.2. The maximum atomic E-state index is 12.3. The third-order valence-corrected chi connectivity index (χ3v) is 5.05.